The molecule has 1 N–H and O–H groups in total. The van der Waals surface area contributed by atoms with E-state index in [9.17, 15) is 4.79 Å². The van der Waals surface area contributed by atoms with Crippen LogP contribution in [-0.4, -0.2) is 32.8 Å². The first-order valence-corrected chi connectivity index (χ1v) is 11.2. The van der Waals surface area contributed by atoms with Gasteiger partial charge < -0.3 is 5.11 Å². The lowest BCUT2D eigenvalue weighted by Crippen LogP contribution is -2.24. The van der Waals surface area contributed by atoms with Crippen molar-refractivity contribution in [3.8, 4) is 0 Å². The van der Waals surface area contributed by atoms with Gasteiger partial charge in [-0.25, -0.2) is 4.98 Å². The summed E-state index contributed by atoms with van der Waals surface area (Å²) in [6, 6.07) is 15.2. The molecule has 142 valence electrons. The Kier molecular flexibility index (Phi) is 7.64. The highest BCUT2D eigenvalue weighted by molar-refractivity contribution is 8.00. The van der Waals surface area contributed by atoms with E-state index in [4.69, 9.17) is 16.7 Å². The van der Waals surface area contributed by atoms with Gasteiger partial charge in [-0.1, -0.05) is 47.6 Å². The molecule has 0 fully saturated rings. The number of aromatic nitrogens is 2. The maximum atomic E-state index is 12.8. The Bertz CT molecular complexity index is 962. The molecule has 2 aromatic carbocycles. The number of aliphatic hydroxyl groups is 1. The van der Waals surface area contributed by atoms with Gasteiger partial charge in [0.1, 0.15) is 0 Å². The molecule has 1 heterocycles. The van der Waals surface area contributed by atoms with Crippen molar-refractivity contribution in [2.45, 2.75) is 29.4 Å². The molecule has 0 aliphatic heterocycles. The summed E-state index contributed by atoms with van der Waals surface area (Å²) in [7, 11) is 0. The summed E-state index contributed by atoms with van der Waals surface area (Å²) >= 11 is 9.51. The number of para-hydroxylation sites is 1. The van der Waals surface area contributed by atoms with Gasteiger partial charge in [-0.2, -0.15) is 0 Å². The maximum absolute atomic E-state index is 12.8. The lowest BCUT2D eigenvalue weighted by molar-refractivity contribution is 0.276. The van der Waals surface area contributed by atoms with Crippen LogP contribution in [0.3, 0.4) is 0 Å². The van der Waals surface area contributed by atoms with Crippen LogP contribution in [0.1, 0.15) is 12.8 Å². The van der Waals surface area contributed by atoms with Crippen LogP contribution in [0, 0.1) is 0 Å². The number of nitrogens with zero attached hydrogens (tertiary/aromatic N) is 2. The first-order valence-electron chi connectivity index (χ1n) is 8.81. The fourth-order valence-electron chi connectivity index (χ4n) is 2.65. The number of halogens is 1. The lowest BCUT2D eigenvalue weighted by Gasteiger charge is -2.12. The molecule has 0 spiro atoms. The standard InChI is InChI=1S/C20H21ClN2O2S2/c21-16-8-2-4-10-18(16)26-13-6-14-27-20-22-17-9-3-1-7-15(17)19(25)23(20)11-5-12-24/h1-4,7-10,24H,5-6,11-14H2. The quantitative estimate of drug-likeness (QED) is 0.308. The van der Waals surface area contributed by atoms with Gasteiger partial charge in [0, 0.05) is 23.8 Å². The van der Waals surface area contributed by atoms with Gasteiger partial charge in [0.2, 0.25) is 0 Å². The van der Waals surface area contributed by atoms with Gasteiger partial charge in [-0.3, -0.25) is 9.36 Å². The maximum Gasteiger partial charge on any atom is 0.262 e. The molecule has 0 amide bonds. The summed E-state index contributed by atoms with van der Waals surface area (Å²) in [4.78, 5) is 18.5. The molecular formula is C20H21ClN2O2S2. The fourth-order valence-corrected chi connectivity index (χ4v) is 4.99. The van der Waals surface area contributed by atoms with Crippen molar-refractivity contribution in [3.63, 3.8) is 0 Å². The molecule has 4 nitrogen and oxygen atoms in total. The smallest absolute Gasteiger partial charge is 0.262 e. The van der Waals surface area contributed by atoms with Gasteiger partial charge in [0.15, 0.2) is 5.16 Å². The largest absolute Gasteiger partial charge is 0.396 e. The minimum Gasteiger partial charge on any atom is -0.396 e. The number of aliphatic hydroxyl groups excluding tert-OH is 1. The summed E-state index contributed by atoms with van der Waals surface area (Å²) in [5.74, 6) is 1.81. The average Bonchev–Trinajstić information content (AvgIpc) is 2.69. The van der Waals surface area contributed by atoms with Crippen LogP contribution in [0.15, 0.2) is 63.4 Å². The number of hydrogen-bond donors (Lipinski definition) is 1. The van der Waals surface area contributed by atoms with E-state index in [2.05, 4.69) is 4.98 Å². The van der Waals surface area contributed by atoms with Crippen molar-refractivity contribution in [2.24, 2.45) is 0 Å². The van der Waals surface area contributed by atoms with Gasteiger partial charge in [0.05, 0.1) is 15.9 Å². The molecule has 1 aromatic heterocycles. The molecule has 0 radical (unpaired) electrons. The van der Waals surface area contributed by atoms with Crippen molar-refractivity contribution in [3.05, 3.63) is 63.9 Å². The van der Waals surface area contributed by atoms with E-state index >= 15 is 0 Å². The van der Waals surface area contributed by atoms with Crippen LogP contribution >= 0.6 is 35.1 Å². The zero-order valence-electron chi connectivity index (χ0n) is 14.8. The van der Waals surface area contributed by atoms with Crippen LogP contribution in [0.4, 0.5) is 0 Å². The third-order valence-corrected chi connectivity index (χ3v) is 6.64. The third-order valence-electron chi connectivity index (χ3n) is 3.98. The molecule has 0 bridgehead atoms. The number of rotatable bonds is 9. The first-order chi connectivity index (χ1) is 13.2. The topological polar surface area (TPSA) is 55.1 Å². The third kappa shape index (κ3) is 5.29. The van der Waals surface area contributed by atoms with Gasteiger partial charge in [-0.15, -0.1) is 11.8 Å². The second kappa shape index (κ2) is 10.2. The minimum absolute atomic E-state index is 0.0398. The Balaban J connectivity index is 1.66. The van der Waals surface area contributed by atoms with E-state index in [1.165, 1.54) is 0 Å². The summed E-state index contributed by atoms with van der Waals surface area (Å²) in [6.45, 7) is 0.529. The first kappa shape index (κ1) is 20.3. The van der Waals surface area contributed by atoms with E-state index in [1.54, 1.807) is 34.2 Å². The molecule has 3 rings (SSSR count). The fraction of sp³-hybridized carbons (Fsp3) is 0.300. The van der Waals surface area contributed by atoms with Crippen molar-refractivity contribution >= 4 is 46.0 Å². The molecule has 0 saturated carbocycles. The highest BCUT2D eigenvalue weighted by Crippen LogP contribution is 2.28. The Hall–Kier alpha value is -1.47. The molecule has 0 atom stereocenters. The Labute approximate surface area is 172 Å². The predicted octanol–water partition coefficient (Wildman–Crippen LogP) is 4.71. The molecule has 0 aliphatic carbocycles. The van der Waals surface area contributed by atoms with Crippen molar-refractivity contribution < 1.29 is 5.11 Å². The molecule has 0 unspecified atom stereocenters. The molecule has 0 saturated heterocycles. The summed E-state index contributed by atoms with van der Waals surface area (Å²) < 4.78 is 1.68. The molecule has 27 heavy (non-hydrogen) atoms. The highest BCUT2D eigenvalue weighted by Gasteiger charge is 2.11. The second-order valence-corrected chi connectivity index (χ2v) is 8.53. The van der Waals surface area contributed by atoms with Crippen molar-refractivity contribution in [1.29, 1.82) is 0 Å². The second-order valence-electron chi connectivity index (χ2n) is 5.93. The Morgan fingerprint density at radius 3 is 2.56 bits per heavy atom. The van der Waals surface area contributed by atoms with Crippen LogP contribution in [0.2, 0.25) is 5.02 Å². The van der Waals surface area contributed by atoms with E-state index in [1.807, 2.05) is 42.5 Å². The van der Waals surface area contributed by atoms with Crippen molar-refractivity contribution in [1.82, 2.24) is 9.55 Å². The van der Waals surface area contributed by atoms with Crippen LogP contribution in [0.25, 0.3) is 10.9 Å². The lowest BCUT2D eigenvalue weighted by atomic mass is 10.2. The summed E-state index contributed by atoms with van der Waals surface area (Å²) in [5.41, 5.74) is 0.678. The van der Waals surface area contributed by atoms with Crippen LogP contribution in [-0.2, 0) is 6.54 Å². The molecule has 3 aromatic rings. The molecule has 7 heteroatoms. The van der Waals surface area contributed by atoms with E-state index < -0.39 is 0 Å². The van der Waals surface area contributed by atoms with Gasteiger partial charge in [-0.05, 0) is 42.9 Å². The van der Waals surface area contributed by atoms with E-state index in [0.717, 1.165) is 38.5 Å². The van der Waals surface area contributed by atoms with Crippen LogP contribution < -0.4 is 5.56 Å². The predicted molar refractivity (Wildman–Crippen MR) is 115 cm³/mol. The summed E-state index contributed by atoms with van der Waals surface area (Å²) in [6.07, 6.45) is 1.51. The minimum atomic E-state index is -0.0398. The molecule has 0 aliphatic rings. The normalized spacial score (nSPS) is 11.2. The Morgan fingerprint density at radius 2 is 1.74 bits per heavy atom. The number of thioether (sulfide) groups is 2. The number of hydrogen-bond acceptors (Lipinski definition) is 5. The summed E-state index contributed by atoms with van der Waals surface area (Å²) in [5, 5.41) is 11.3. The van der Waals surface area contributed by atoms with Crippen LogP contribution in [0.5, 0.6) is 0 Å². The van der Waals surface area contributed by atoms with Gasteiger partial charge in [0.25, 0.3) is 5.56 Å². The SMILES string of the molecule is O=c1c2ccccc2nc(SCCCSc2ccccc2Cl)n1CCCO. The van der Waals surface area contributed by atoms with E-state index in [-0.39, 0.29) is 12.2 Å². The highest BCUT2D eigenvalue weighted by atomic mass is 35.5. The average molecular weight is 421 g/mol. The zero-order valence-corrected chi connectivity index (χ0v) is 17.2. The zero-order chi connectivity index (χ0) is 19.1. The molecular weight excluding hydrogens is 400 g/mol. The van der Waals surface area contributed by atoms with Crippen molar-refractivity contribution in [2.75, 3.05) is 18.1 Å². The monoisotopic (exact) mass is 420 g/mol. The Morgan fingerprint density at radius 1 is 1.00 bits per heavy atom. The van der Waals surface area contributed by atoms with E-state index in [0.29, 0.717) is 18.4 Å². The number of fused-ring (bicyclic) bond motifs is 1. The number of benzene rings is 2. The van der Waals surface area contributed by atoms with Gasteiger partial charge >= 0.3 is 0 Å².